The van der Waals surface area contributed by atoms with Crippen LogP contribution in [-0.2, 0) is 4.74 Å². The van der Waals surface area contributed by atoms with E-state index < -0.39 is 0 Å². The Kier molecular flexibility index (Phi) is 3.25. The summed E-state index contributed by atoms with van der Waals surface area (Å²) < 4.78 is 22.1. The van der Waals surface area contributed by atoms with Gasteiger partial charge in [0.05, 0.1) is 28.2 Å². The fourth-order valence-corrected chi connectivity index (χ4v) is 3.10. The lowest BCUT2D eigenvalue weighted by atomic mass is 10.1. The van der Waals surface area contributed by atoms with Crippen molar-refractivity contribution >= 4 is 39.2 Å². The van der Waals surface area contributed by atoms with Crippen molar-refractivity contribution in [2.45, 2.75) is 18.9 Å². The molecule has 1 aromatic carbocycles. The maximum Gasteiger partial charge on any atom is 0.178 e. The molecule has 3 rings (SSSR count). The van der Waals surface area contributed by atoms with E-state index in [0.717, 1.165) is 30.5 Å². The molecule has 1 aliphatic rings. The van der Waals surface area contributed by atoms with Crippen LogP contribution >= 0.6 is 28.1 Å². The summed E-state index contributed by atoms with van der Waals surface area (Å²) in [5, 5.41) is 0. The average Bonchev–Trinajstić information content (AvgIpc) is 2.66. The number of H-pyrrole nitrogens is 1. The van der Waals surface area contributed by atoms with Gasteiger partial charge in [-0.15, -0.1) is 0 Å². The minimum atomic E-state index is -0.286. The zero-order chi connectivity index (χ0) is 12.7. The number of aromatic nitrogens is 2. The van der Waals surface area contributed by atoms with Crippen molar-refractivity contribution in [2.24, 2.45) is 0 Å². The number of nitrogens with one attached hydrogen (secondary N) is 1. The van der Waals surface area contributed by atoms with Crippen LogP contribution in [0.25, 0.3) is 11.0 Å². The summed E-state index contributed by atoms with van der Waals surface area (Å²) >= 11 is 8.55. The van der Waals surface area contributed by atoms with Crippen LogP contribution in [0.2, 0.25) is 0 Å². The van der Waals surface area contributed by atoms with E-state index in [9.17, 15) is 4.39 Å². The number of imidazole rings is 1. The van der Waals surface area contributed by atoms with Crippen LogP contribution in [0.5, 0.6) is 0 Å². The Morgan fingerprint density at radius 2 is 2.33 bits per heavy atom. The zero-order valence-electron chi connectivity index (χ0n) is 9.58. The van der Waals surface area contributed by atoms with Gasteiger partial charge >= 0.3 is 0 Å². The first kappa shape index (κ1) is 12.3. The van der Waals surface area contributed by atoms with E-state index in [0.29, 0.717) is 15.9 Å². The Bertz CT molecular complexity index is 645. The van der Waals surface area contributed by atoms with E-state index in [1.807, 2.05) is 4.57 Å². The summed E-state index contributed by atoms with van der Waals surface area (Å²) in [6.45, 7) is 1.47. The standard InChI is InChI=1S/C12H12BrFN2OS/c13-8-4-11-10(5-9(8)14)15-12(18)16(11)7-2-1-3-17-6-7/h4-5,7H,1-3,6H2,(H,15,18). The van der Waals surface area contributed by atoms with Crippen LogP contribution in [0.1, 0.15) is 18.9 Å². The molecular weight excluding hydrogens is 319 g/mol. The third-order valence-electron chi connectivity index (χ3n) is 3.26. The Labute approximate surface area is 117 Å². The van der Waals surface area contributed by atoms with Gasteiger partial charge in [0, 0.05) is 12.7 Å². The van der Waals surface area contributed by atoms with Crippen molar-refractivity contribution in [3.05, 3.63) is 27.2 Å². The van der Waals surface area contributed by atoms with E-state index in [1.165, 1.54) is 6.07 Å². The lowest BCUT2D eigenvalue weighted by Crippen LogP contribution is -2.21. The number of aromatic amines is 1. The lowest BCUT2D eigenvalue weighted by Gasteiger charge is -2.24. The minimum Gasteiger partial charge on any atom is -0.379 e. The maximum absolute atomic E-state index is 13.5. The molecule has 1 aromatic heterocycles. The predicted molar refractivity (Wildman–Crippen MR) is 73.9 cm³/mol. The van der Waals surface area contributed by atoms with Crippen LogP contribution in [0.15, 0.2) is 16.6 Å². The molecule has 1 fully saturated rings. The topological polar surface area (TPSA) is 29.9 Å². The maximum atomic E-state index is 13.5. The van der Waals surface area contributed by atoms with Gasteiger partial charge < -0.3 is 14.3 Å². The molecule has 3 nitrogen and oxygen atoms in total. The number of halogens is 2. The molecule has 1 aliphatic heterocycles. The van der Waals surface area contributed by atoms with Crippen molar-refractivity contribution in [3.8, 4) is 0 Å². The summed E-state index contributed by atoms with van der Waals surface area (Å²) in [7, 11) is 0. The Balaban J connectivity index is 2.18. The second-order valence-corrected chi connectivity index (χ2v) is 5.70. The first-order valence-electron chi connectivity index (χ1n) is 5.84. The highest BCUT2D eigenvalue weighted by atomic mass is 79.9. The third kappa shape index (κ3) is 2.02. The second kappa shape index (κ2) is 4.75. The number of rotatable bonds is 1. The van der Waals surface area contributed by atoms with E-state index in [1.54, 1.807) is 6.07 Å². The first-order chi connectivity index (χ1) is 8.66. The molecule has 1 saturated heterocycles. The zero-order valence-corrected chi connectivity index (χ0v) is 12.0. The summed E-state index contributed by atoms with van der Waals surface area (Å²) in [6.07, 6.45) is 2.07. The molecule has 6 heteroatoms. The largest absolute Gasteiger partial charge is 0.379 e. The van der Waals surface area contributed by atoms with Crippen LogP contribution in [0.4, 0.5) is 4.39 Å². The SMILES string of the molecule is Fc1cc2[nH]c(=S)n(C3CCCOC3)c2cc1Br. The molecular formula is C12H12BrFN2OS. The Hall–Kier alpha value is -0.720. The molecule has 0 amide bonds. The molecule has 18 heavy (non-hydrogen) atoms. The second-order valence-electron chi connectivity index (χ2n) is 4.45. The lowest BCUT2D eigenvalue weighted by molar-refractivity contribution is 0.0600. The highest BCUT2D eigenvalue weighted by Crippen LogP contribution is 2.28. The average molecular weight is 331 g/mol. The van der Waals surface area contributed by atoms with Gasteiger partial charge in [0.25, 0.3) is 0 Å². The summed E-state index contributed by atoms with van der Waals surface area (Å²) in [4.78, 5) is 3.05. The van der Waals surface area contributed by atoms with Crippen LogP contribution in [0.3, 0.4) is 0 Å². The van der Waals surface area contributed by atoms with Gasteiger partial charge in [0.2, 0.25) is 0 Å². The molecule has 0 bridgehead atoms. The number of nitrogens with zero attached hydrogens (tertiary/aromatic N) is 1. The minimum absolute atomic E-state index is 0.234. The smallest absolute Gasteiger partial charge is 0.178 e. The molecule has 2 aromatic rings. The number of ether oxygens (including phenoxy) is 1. The molecule has 96 valence electrons. The number of hydrogen-bond acceptors (Lipinski definition) is 2. The molecule has 0 saturated carbocycles. The molecule has 1 unspecified atom stereocenters. The normalized spacial score (nSPS) is 20.4. The first-order valence-corrected chi connectivity index (χ1v) is 7.04. The summed E-state index contributed by atoms with van der Waals surface area (Å²) in [6, 6.07) is 3.47. The van der Waals surface area contributed by atoms with Gasteiger partial charge in [-0.05, 0) is 47.1 Å². The van der Waals surface area contributed by atoms with Crippen molar-refractivity contribution in [2.75, 3.05) is 13.2 Å². The highest BCUT2D eigenvalue weighted by Gasteiger charge is 2.19. The van der Waals surface area contributed by atoms with Crippen molar-refractivity contribution in [1.82, 2.24) is 9.55 Å². The number of fused-ring (bicyclic) bond motifs is 1. The van der Waals surface area contributed by atoms with E-state index in [-0.39, 0.29) is 11.9 Å². The number of hydrogen-bond donors (Lipinski definition) is 1. The quantitative estimate of drug-likeness (QED) is 0.802. The van der Waals surface area contributed by atoms with E-state index in [4.69, 9.17) is 17.0 Å². The Morgan fingerprint density at radius 3 is 3.06 bits per heavy atom. The molecule has 2 heterocycles. The van der Waals surface area contributed by atoms with Gasteiger partial charge in [0.1, 0.15) is 5.82 Å². The van der Waals surface area contributed by atoms with E-state index >= 15 is 0 Å². The van der Waals surface area contributed by atoms with Crippen LogP contribution < -0.4 is 0 Å². The van der Waals surface area contributed by atoms with Gasteiger partial charge in [-0.2, -0.15) is 0 Å². The third-order valence-corrected chi connectivity index (χ3v) is 4.17. The number of benzene rings is 1. The van der Waals surface area contributed by atoms with Gasteiger partial charge in [-0.3, -0.25) is 0 Å². The van der Waals surface area contributed by atoms with Crippen molar-refractivity contribution in [1.29, 1.82) is 0 Å². The van der Waals surface area contributed by atoms with Crippen molar-refractivity contribution in [3.63, 3.8) is 0 Å². The summed E-state index contributed by atoms with van der Waals surface area (Å²) in [5.41, 5.74) is 1.65. The summed E-state index contributed by atoms with van der Waals surface area (Å²) in [5.74, 6) is -0.286. The van der Waals surface area contributed by atoms with Crippen molar-refractivity contribution < 1.29 is 9.13 Å². The monoisotopic (exact) mass is 330 g/mol. The predicted octanol–water partition coefficient (Wildman–Crippen LogP) is 3.95. The van der Waals surface area contributed by atoms with Crippen LogP contribution in [0, 0.1) is 10.6 Å². The Morgan fingerprint density at radius 1 is 1.50 bits per heavy atom. The fourth-order valence-electron chi connectivity index (χ4n) is 2.41. The molecule has 0 radical (unpaired) electrons. The van der Waals surface area contributed by atoms with Gasteiger partial charge in [-0.1, -0.05) is 0 Å². The molecule has 1 atom stereocenters. The fraction of sp³-hybridized carbons (Fsp3) is 0.417. The molecule has 0 aliphatic carbocycles. The molecule has 1 N–H and O–H groups in total. The molecule has 0 spiro atoms. The van der Waals surface area contributed by atoms with Crippen LogP contribution in [-0.4, -0.2) is 22.8 Å². The van der Waals surface area contributed by atoms with Gasteiger partial charge in [-0.25, -0.2) is 4.39 Å². The van der Waals surface area contributed by atoms with E-state index in [2.05, 4.69) is 20.9 Å². The highest BCUT2D eigenvalue weighted by molar-refractivity contribution is 9.10. The van der Waals surface area contributed by atoms with Gasteiger partial charge in [0.15, 0.2) is 4.77 Å².